The molecule has 4 rings (SSSR count). The lowest BCUT2D eigenvalue weighted by Crippen LogP contribution is -2.24. The lowest BCUT2D eigenvalue weighted by molar-refractivity contribution is -0.144. The molecule has 0 aliphatic carbocycles. The summed E-state index contributed by atoms with van der Waals surface area (Å²) < 4.78 is 67.2. The fraction of sp³-hybridized carbons (Fsp3) is 0.125. The fourth-order valence-electron chi connectivity index (χ4n) is 3.58. The number of carbonyl (C=O) groups is 1. The first-order chi connectivity index (χ1) is 16.5. The quantitative estimate of drug-likeness (QED) is 0.415. The molecule has 11 heteroatoms. The highest BCUT2D eigenvalue weighted by Gasteiger charge is 2.41. The molecule has 1 N–H and O–H groups in total. The standard InChI is InChI=1S/C24H19F3N4O3S/c1-35(33,34)19-9-7-17(8-10-19)22-21(16-11-13-28-14-12-16)23(24(25,26)27)31(30-22)15-20(32)29-18-5-3-2-4-6-18/h2-14H,15H2,1H3,(H,29,32). The first-order valence-electron chi connectivity index (χ1n) is 10.3. The smallest absolute Gasteiger partial charge is 0.324 e. The molecule has 2 heterocycles. The van der Waals surface area contributed by atoms with Crippen molar-refractivity contribution in [3.8, 4) is 22.4 Å². The van der Waals surface area contributed by atoms with Crippen LogP contribution in [0.1, 0.15) is 5.69 Å². The first kappa shape index (κ1) is 24.1. The molecule has 0 atom stereocenters. The van der Waals surface area contributed by atoms with Crippen molar-refractivity contribution in [1.82, 2.24) is 14.8 Å². The number of hydrogen-bond donors (Lipinski definition) is 1. The normalized spacial score (nSPS) is 11.9. The highest BCUT2D eigenvalue weighted by Crippen LogP contribution is 2.42. The van der Waals surface area contributed by atoms with Crippen LogP contribution < -0.4 is 5.32 Å². The highest BCUT2D eigenvalue weighted by atomic mass is 32.2. The van der Waals surface area contributed by atoms with Gasteiger partial charge in [0.15, 0.2) is 15.5 Å². The van der Waals surface area contributed by atoms with Crippen LogP contribution in [-0.2, 0) is 27.4 Å². The van der Waals surface area contributed by atoms with Crippen molar-refractivity contribution in [1.29, 1.82) is 0 Å². The Hall–Kier alpha value is -3.99. The summed E-state index contributed by atoms with van der Waals surface area (Å²) in [7, 11) is -3.50. The summed E-state index contributed by atoms with van der Waals surface area (Å²) >= 11 is 0. The van der Waals surface area contributed by atoms with Gasteiger partial charge in [-0.15, -0.1) is 0 Å². The third-order valence-electron chi connectivity index (χ3n) is 5.10. The van der Waals surface area contributed by atoms with Crippen LogP contribution in [0.3, 0.4) is 0 Å². The van der Waals surface area contributed by atoms with Crippen molar-refractivity contribution in [3.63, 3.8) is 0 Å². The molecule has 0 saturated carbocycles. The number of sulfone groups is 1. The minimum atomic E-state index is -4.84. The number of para-hydroxylation sites is 1. The van der Waals surface area contributed by atoms with E-state index < -0.39 is 34.2 Å². The minimum Gasteiger partial charge on any atom is -0.324 e. The summed E-state index contributed by atoms with van der Waals surface area (Å²) in [6, 6.07) is 16.5. The molecule has 0 radical (unpaired) electrons. The zero-order chi connectivity index (χ0) is 25.2. The van der Waals surface area contributed by atoms with Gasteiger partial charge in [-0.25, -0.2) is 13.1 Å². The van der Waals surface area contributed by atoms with Gasteiger partial charge in [0.2, 0.25) is 5.91 Å². The lowest BCUT2D eigenvalue weighted by Gasteiger charge is -2.13. The molecule has 7 nitrogen and oxygen atoms in total. The van der Waals surface area contributed by atoms with Crippen molar-refractivity contribution in [2.24, 2.45) is 0 Å². The van der Waals surface area contributed by atoms with E-state index in [0.717, 1.165) is 6.26 Å². The Morgan fingerprint density at radius 1 is 0.943 bits per heavy atom. The molecular weight excluding hydrogens is 481 g/mol. The van der Waals surface area contributed by atoms with Gasteiger partial charge in [0.1, 0.15) is 12.2 Å². The van der Waals surface area contributed by atoms with Gasteiger partial charge in [0.05, 0.1) is 4.90 Å². The summed E-state index contributed by atoms with van der Waals surface area (Å²) in [6.45, 7) is -0.691. The highest BCUT2D eigenvalue weighted by molar-refractivity contribution is 7.90. The first-order valence-corrected chi connectivity index (χ1v) is 12.2. The predicted molar refractivity (Wildman–Crippen MR) is 124 cm³/mol. The second-order valence-electron chi connectivity index (χ2n) is 7.67. The lowest BCUT2D eigenvalue weighted by atomic mass is 9.99. The molecule has 0 spiro atoms. The summed E-state index contributed by atoms with van der Waals surface area (Å²) in [5, 5.41) is 6.72. The van der Waals surface area contributed by atoms with Gasteiger partial charge in [0.25, 0.3) is 0 Å². The molecule has 2 aromatic carbocycles. The van der Waals surface area contributed by atoms with Gasteiger partial charge in [-0.1, -0.05) is 30.3 Å². The second-order valence-corrected chi connectivity index (χ2v) is 9.69. The van der Waals surface area contributed by atoms with Crippen molar-refractivity contribution in [2.75, 3.05) is 11.6 Å². The Labute approximate surface area is 199 Å². The molecule has 180 valence electrons. The van der Waals surface area contributed by atoms with Crippen LogP contribution in [0.2, 0.25) is 0 Å². The van der Waals surface area contributed by atoms with Gasteiger partial charge < -0.3 is 5.32 Å². The van der Waals surface area contributed by atoms with E-state index in [9.17, 15) is 26.4 Å². The van der Waals surface area contributed by atoms with E-state index in [1.807, 2.05) is 0 Å². The molecule has 1 amide bonds. The SMILES string of the molecule is CS(=O)(=O)c1ccc(-c2nn(CC(=O)Nc3ccccc3)c(C(F)(F)F)c2-c2ccncc2)cc1. The van der Waals surface area contributed by atoms with Crippen LogP contribution in [0.25, 0.3) is 22.4 Å². The van der Waals surface area contributed by atoms with Gasteiger partial charge in [-0.2, -0.15) is 18.3 Å². The number of amides is 1. The summed E-state index contributed by atoms with van der Waals surface area (Å²) in [6.07, 6.45) is -1.10. The number of nitrogens with zero attached hydrogens (tertiary/aromatic N) is 3. The second kappa shape index (κ2) is 9.34. The number of hydrogen-bond acceptors (Lipinski definition) is 5. The number of carbonyl (C=O) groups excluding carboxylic acids is 1. The minimum absolute atomic E-state index is 0.0180. The Kier molecular flexibility index (Phi) is 6.44. The van der Waals surface area contributed by atoms with Gasteiger partial charge in [-0.3, -0.25) is 9.78 Å². The zero-order valence-electron chi connectivity index (χ0n) is 18.3. The van der Waals surface area contributed by atoms with Crippen LogP contribution in [-0.4, -0.2) is 35.3 Å². The molecule has 2 aromatic heterocycles. The topological polar surface area (TPSA) is 94.0 Å². The number of rotatable bonds is 6. The molecule has 0 aliphatic heterocycles. The van der Waals surface area contributed by atoms with E-state index in [0.29, 0.717) is 10.4 Å². The zero-order valence-corrected chi connectivity index (χ0v) is 19.1. The number of nitrogens with one attached hydrogen (secondary N) is 1. The van der Waals surface area contributed by atoms with Gasteiger partial charge >= 0.3 is 6.18 Å². The van der Waals surface area contributed by atoms with Crippen LogP contribution in [0, 0.1) is 0 Å². The monoisotopic (exact) mass is 500 g/mol. The molecule has 0 bridgehead atoms. The summed E-state index contributed by atoms with van der Waals surface area (Å²) in [4.78, 5) is 16.5. The van der Waals surface area contributed by atoms with E-state index in [2.05, 4.69) is 15.4 Å². The third kappa shape index (κ3) is 5.40. The number of pyridine rings is 1. The molecule has 0 saturated heterocycles. The van der Waals surface area contributed by atoms with Crippen LogP contribution >= 0.6 is 0 Å². The number of aromatic nitrogens is 3. The Bertz CT molecular complexity index is 1450. The molecule has 0 fully saturated rings. The van der Waals surface area contributed by atoms with Crippen molar-refractivity contribution >= 4 is 21.4 Å². The number of halogens is 3. The largest absolute Gasteiger partial charge is 0.433 e. The maximum atomic E-state index is 14.3. The molecule has 0 aliphatic rings. The number of alkyl halides is 3. The summed E-state index contributed by atoms with van der Waals surface area (Å²) in [5.74, 6) is -0.690. The predicted octanol–water partition coefficient (Wildman–Crippen LogP) is 4.67. The number of anilines is 1. The van der Waals surface area contributed by atoms with E-state index >= 15 is 0 Å². The molecule has 35 heavy (non-hydrogen) atoms. The molecule has 4 aromatic rings. The number of benzene rings is 2. The van der Waals surface area contributed by atoms with Crippen molar-refractivity contribution in [2.45, 2.75) is 17.6 Å². The van der Waals surface area contributed by atoms with Crippen molar-refractivity contribution in [3.05, 3.63) is 84.8 Å². The molecule has 0 unspecified atom stereocenters. The maximum Gasteiger partial charge on any atom is 0.433 e. The maximum absolute atomic E-state index is 14.3. The van der Waals surface area contributed by atoms with E-state index in [4.69, 9.17) is 0 Å². The Morgan fingerprint density at radius 3 is 2.14 bits per heavy atom. The van der Waals surface area contributed by atoms with Crippen LogP contribution in [0.15, 0.2) is 84.0 Å². The van der Waals surface area contributed by atoms with E-state index in [1.165, 1.54) is 48.8 Å². The van der Waals surface area contributed by atoms with E-state index in [-0.39, 0.29) is 27.3 Å². The average molecular weight is 501 g/mol. The van der Waals surface area contributed by atoms with E-state index in [1.54, 1.807) is 30.3 Å². The molecular formula is C24H19F3N4O3S. The van der Waals surface area contributed by atoms with Gasteiger partial charge in [0, 0.05) is 35.5 Å². The summed E-state index contributed by atoms with van der Waals surface area (Å²) in [5.41, 5.74) is -0.491. The fourth-order valence-corrected chi connectivity index (χ4v) is 4.21. The van der Waals surface area contributed by atoms with Gasteiger partial charge in [-0.05, 0) is 42.0 Å². The van der Waals surface area contributed by atoms with Crippen LogP contribution in [0.5, 0.6) is 0 Å². The Balaban J connectivity index is 1.85. The van der Waals surface area contributed by atoms with Crippen molar-refractivity contribution < 1.29 is 26.4 Å². The Morgan fingerprint density at radius 2 is 1.57 bits per heavy atom. The van der Waals surface area contributed by atoms with Crippen LogP contribution in [0.4, 0.5) is 18.9 Å². The average Bonchev–Trinajstić information content (AvgIpc) is 3.19. The third-order valence-corrected chi connectivity index (χ3v) is 6.23.